The number of hydrogen-bond acceptors (Lipinski definition) is 3. The molecule has 0 radical (unpaired) electrons. The Kier molecular flexibility index (Phi) is 5.26. The van der Waals surface area contributed by atoms with Gasteiger partial charge in [-0.15, -0.1) is 0 Å². The number of hydrogen-bond donors (Lipinski definition) is 1. The first-order chi connectivity index (χ1) is 11.7. The average molecular weight is 328 g/mol. The van der Waals surface area contributed by atoms with Crippen molar-refractivity contribution in [2.24, 2.45) is 0 Å². The van der Waals surface area contributed by atoms with Crippen molar-refractivity contribution in [1.29, 1.82) is 0 Å². The fraction of sp³-hybridized carbons (Fsp3) is 0.400. The van der Waals surface area contributed by atoms with E-state index in [4.69, 9.17) is 14.2 Å². The minimum atomic E-state index is 0.277. The Labute approximate surface area is 143 Å². The summed E-state index contributed by atoms with van der Waals surface area (Å²) in [6.45, 7) is 3.87. The molecule has 0 amide bonds. The predicted molar refractivity (Wildman–Crippen MR) is 94.1 cm³/mol. The van der Waals surface area contributed by atoms with Gasteiger partial charge in [-0.3, -0.25) is 0 Å². The van der Waals surface area contributed by atoms with Crippen LogP contribution in [-0.2, 0) is 12.8 Å². The van der Waals surface area contributed by atoms with Crippen LogP contribution in [0, 0.1) is 0 Å². The topological polar surface area (TPSA) is 44.3 Å². The predicted octanol–water partition coefficient (Wildman–Crippen LogP) is 2.51. The summed E-state index contributed by atoms with van der Waals surface area (Å²) in [6, 6.07) is 12.8. The van der Waals surface area contributed by atoms with Gasteiger partial charge in [0.2, 0.25) is 0 Å². The molecule has 2 aromatic rings. The van der Waals surface area contributed by atoms with Crippen molar-refractivity contribution in [3.05, 3.63) is 53.1 Å². The van der Waals surface area contributed by atoms with Gasteiger partial charge < -0.3 is 19.5 Å². The molecule has 1 aliphatic rings. The number of benzene rings is 2. The molecule has 1 heterocycles. The fourth-order valence-corrected chi connectivity index (χ4v) is 3.23. The Morgan fingerprint density at radius 2 is 1.75 bits per heavy atom. The highest BCUT2D eigenvalue weighted by atomic mass is 16.5. The number of quaternary nitrogens is 1. The zero-order valence-electron chi connectivity index (χ0n) is 14.7. The molecular formula is C20H26NO3+. The van der Waals surface area contributed by atoms with E-state index in [9.17, 15) is 0 Å². The molecule has 0 aromatic heterocycles. The molecule has 0 bridgehead atoms. The smallest absolute Gasteiger partial charge is 0.161 e. The van der Waals surface area contributed by atoms with Crippen LogP contribution in [0.2, 0.25) is 0 Å². The van der Waals surface area contributed by atoms with Crippen molar-refractivity contribution in [2.75, 3.05) is 27.4 Å². The lowest BCUT2D eigenvalue weighted by molar-refractivity contribution is -0.700. The first-order valence-corrected chi connectivity index (χ1v) is 8.55. The van der Waals surface area contributed by atoms with E-state index in [2.05, 4.69) is 48.6 Å². The van der Waals surface area contributed by atoms with Gasteiger partial charge in [0.25, 0.3) is 0 Å². The van der Waals surface area contributed by atoms with E-state index in [1.54, 1.807) is 14.2 Å². The molecule has 0 fully saturated rings. The van der Waals surface area contributed by atoms with Gasteiger partial charge in [-0.25, -0.2) is 0 Å². The SMILES string of the molecule is CCc1ccc(OC[C@H]2[NH2+]CCc3cc(OC)c(OC)cc32)cc1. The lowest BCUT2D eigenvalue weighted by Gasteiger charge is -2.25. The Morgan fingerprint density at radius 3 is 2.42 bits per heavy atom. The van der Waals surface area contributed by atoms with Gasteiger partial charge in [0.1, 0.15) is 18.4 Å². The minimum absolute atomic E-state index is 0.277. The van der Waals surface area contributed by atoms with Gasteiger partial charge in [-0.05, 0) is 41.8 Å². The summed E-state index contributed by atoms with van der Waals surface area (Å²) >= 11 is 0. The van der Waals surface area contributed by atoms with Crippen molar-refractivity contribution >= 4 is 0 Å². The quantitative estimate of drug-likeness (QED) is 0.886. The van der Waals surface area contributed by atoms with Crippen LogP contribution in [-0.4, -0.2) is 27.4 Å². The number of aryl methyl sites for hydroxylation is 1. The van der Waals surface area contributed by atoms with Gasteiger partial charge in [0.15, 0.2) is 11.5 Å². The molecule has 128 valence electrons. The van der Waals surface area contributed by atoms with E-state index < -0.39 is 0 Å². The first kappa shape index (κ1) is 16.7. The maximum atomic E-state index is 6.03. The van der Waals surface area contributed by atoms with Crippen LogP contribution in [0.3, 0.4) is 0 Å². The van der Waals surface area contributed by atoms with Crippen molar-refractivity contribution in [3.8, 4) is 17.2 Å². The van der Waals surface area contributed by atoms with E-state index in [0.717, 1.165) is 36.6 Å². The summed E-state index contributed by atoms with van der Waals surface area (Å²) in [5.41, 5.74) is 3.93. The van der Waals surface area contributed by atoms with Crippen LogP contribution in [0.15, 0.2) is 36.4 Å². The summed E-state index contributed by atoms with van der Waals surface area (Å²) in [5.74, 6) is 2.50. The van der Waals surface area contributed by atoms with E-state index in [1.165, 1.54) is 16.7 Å². The molecule has 4 heteroatoms. The maximum Gasteiger partial charge on any atom is 0.161 e. The summed E-state index contributed by atoms with van der Waals surface area (Å²) in [7, 11) is 3.36. The Balaban J connectivity index is 1.76. The van der Waals surface area contributed by atoms with Crippen LogP contribution in [0.4, 0.5) is 0 Å². The minimum Gasteiger partial charge on any atom is -0.493 e. The highest BCUT2D eigenvalue weighted by molar-refractivity contribution is 5.48. The molecule has 0 aliphatic carbocycles. The highest BCUT2D eigenvalue weighted by Crippen LogP contribution is 2.33. The van der Waals surface area contributed by atoms with Gasteiger partial charge in [0.05, 0.1) is 20.8 Å². The lowest BCUT2D eigenvalue weighted by atomic mass is 9.94. The molecule has 3 rings (SSSR count). The number of rotatable bonds is 6. The molecule has 0 spiro atoms. The zero-order chi connectivity index (χ0) is 16.9. The number of fused-ring (bicyclic) bond motifs is 1. The molecule has 0 saturated carbocycles. The Bertz CT molecular complexity index is 682. The second kappa shape index (κ2) is 7.58. The number of nitrogens with two attached hydrogens (primary N) is 1. The van der Waals surface area contributed by atoms with Crippen molar-refractivity contribution in [3.63, 3.8) is 0 Å². The van der Waals surface area contributed by atoms with Crippen LogP contribution >= 0.6 is 0 Å². The van der Waals surface area contributed by atoms with E-state index in [1.807, 2.05) is 0 Å². The third kappa shape index (κ3) is 3.49. The van der Waals surface area contributed by atoms with Gasteiger partial charge in [-0.2, -0.15) is 0 Å². The first-order valence-electron chi connectivity index (χ1n) is 8.55. The monoisotopic (exact) mass is 328 g/mol. The van der Waals surface area contributed by atoms with Crippen molar-refractivity contribution < 1.29 is 19.5 Å². The van der Waals surface area contributed by atoms with Crippen LogP contribution < -0.4 is 19.5 Å². The summed E-state index contributed by atoms with van der Waals surface area (Å²) in [4.78, 5) is 0. The molecule has 0 unspecified atom stereocenters. The number of methoxy groups -OCH3 is 2. The molecule has 24 heavy (non-hydrogen) atoms. The summed E-state index contributed by atoms with van der Waals surface area (Å²) < 4.78 is 16.9. The van der Waals surface area contributed by atoms with Crippen LogP contribution in [0.25, 0.3) is 0 Å². The Hall–Kier alpha value is -2.20. The molecule has 2 aromatic carbocycles. The fourth-order valence-electron chi connectivity index (χ4n) is 3.23. The Morgan fingerprint density at radius 1 is 1.04 bits per heavy atom. The largest absolute Gasteiger partial charge is 0.493 e. The molecular weight excluding hydrogens is 302 g/mol. The molecule has 4 nitrogen and oxygen atoms in total. The lowest BCUT2D eigenvalue weighted by Crippen LogP contribution is -2.88. The van der Waals surface area contributed by atoms with Crippen molar-refractivity contribution in [1.82, 2.24) is 0 Å². The standard InChI is InChI=1S/C20H25NO3/c1-4-14-5-7-16(8-6-14)24-13-18-17-12-20(23-3)19(22-2)11-15(17)9-10-21-18/h5-8,11-12,18,21H,4,9-10,13H2,1-3H3/p+1/t18-/m1/s1. The van der Waals surface area contributed by atoms with Crippen LogP contribution in [0.1, 0.15) is 29.7 Å². The zero-order valence-corrected chi connectivity index (χ0v) is 14.7. The van der Waals surface area contributed by atoms with E-state index in [-0.39, 0.29) is 6.04 Å². The van der Waals surface area contributed by atoms with Gasteiger partial charge in [0, 0.05) is 12.0 Å². The average Bonchev–Trinajstić information content (AvgIpc) is 2.65. The van der Waals surface area contributed by atoms with Crippen LogP contribution in [0.5, 0.6) is 17.2 Å². The van der Waals surface area contributed by atoms with Gasteiger partial charge >= 0.3 is 0 Å². The molecule has 0 saturated heterocycles. The molecule has 2 N–H and O–H groups in total. The second-order valence-corrected chi connectivity index (χ2v) is 6.10. The second-order valence-electron chi connectivity index (χ2n) is 6.10. The highest BCUT2D eigenvalue weighted by Gasteiger charge is 2.26. The summed E-state index contributed by atoms with van der Waals surface area (Å²) in [5, 5.41) is 2.34. The van der Waals surface area contributed by atoms with E-state index >= 15 is 0 Å². The maximum absolute atomic E-state index is 6.03. The molecule has 1 atom stereocenters. The van der Waals surface area contributed by atoms with Crippen molar-refractivity contribution in [2.45, 2.75) is 25.8 Å². The third-order valence-corrected chi connectivity index (χ3v) is 4.67. The molecule has 1 aliphatic heterocycles. The normalized spacial score (nSPS) is 16.4. The summed E-state index contributed by atoms with van der Waals surface area (Å²) in [6.07, 6.45) is 2.09. The van der Waals surface area contributed by atoms with Gasteiger partial charge in [-0.1, -0.05) is 19.1 Å². The number of ether oxygens (including phenoxy) is 3. The van der Waals surface area contributed by atoms with E-state index in [0.29, 0.717) is 6.61 Å². The third-order valence-electron chi connectivity index (χ3n) is 4.67.